The monoisotopic (exact) mass is 259 g/mol. The molecule has 1 atom stereocenters. The summed E-state index contributed by atoms with van der Waals surface area (Å²) in [4.78, 5) is 22.0. The summed E-state index contributed by atoms with van der Waals surface area (Å²) < 4.78 is 26.1. The predicted molar refractivity (Wildman–Crippen MR) is 58.3 cm³/mol. The molecule has 1 rings (SSSR count). The topological polar surface area (TPSA) is 118 Å². The first-order valence-electron chi connectivity index (χ1n) is 4.83. The van der Waals surface area contributed by atoms with Crippen LogP contribution in [-0.2, 0) is 4.79 Å². The van der Waals surface area contributed by atoms with Crippen LogP contribution < -0.4 is 16.8 Å². The molecule has 0 aliphatic heterocycles. The highest BCUT2D eigenvalue weighted by Gasteiger charge is 2.17. The van der Waals surface area contributed by atoms with Gasteiger partial charge in [0.15, 0.2) is 0 Å². The highest BCUT2D eigenvalue weighted by Crippen LogP contribution is 2.16. The van der Waals surface area contributed by atoms with Crippen LogP contribution in [0.15, 0.2) is 12.1 Å². The smallest absolute Gasteiger partial charge is 0.254 e. The summed E-state index contributed by atoms with van der Waals surface area (Å²) in [7, 11) is 0. The Labute approximate surface area is 101 Å². The SMILES string of the molecule is NC(=O)C(O)CNC(=O)c1cc(N)c(F)cc1F. The van der Waals surface area contributed by atoms with Gasteiger partial charge in [-0.05, 0) is 6.07 Å². The lowest BCUT2D eigenvalue weighted by molar-refractivity contribution is -0.125. The zero-order valence-electron chi connectivity index (χ0n) is 9.11. The first-order chi connectivity index (χ1) is 8.32. The minimum Gasteiger partial charge on any atom is -0.396 e. The second kappa shape index (κ2) is 5.41. The van der Waals surface area contributed by atoms with Gasteiger partial charge in [0.25, 0.3) is 5.91 Å². The maximum atomic E-state index is 13.3. The van der Waals surface area contributed by atoms with Crippen LogP contribution in [0.1, 0.15) is 10.4 Å². The third-order valence-corrected chi connectivity index (χ3v) is 2.12. The molecule has 0 fully saturated rings. The van der Waals surface area contributed by atoms with E-state index in [0.29, 0.717) is 6.07 Å². The number of hydrogen-bond donors (Lipinski definition) is 4. The first-order valence-corrected chi connectivity index (χ1v) is 4.83. The highest BCUT2D eigenvalue weighted by atomic mass is 19.1. The summed E-state index contributed by atoms with van der Waals surface area (Å²) in [5.41, 5.74) is 9.05. The Morgan fingerprint density at radius 1 is 1.33 bits per heavy atom. The van der Waals surface area contributed by atoms with Crippen molar-refractivity contribution in [3.63, 3.8) is 0 Å². The minimum atomic E-state index is -1.59. The van der Waals surface area contributed by atoms with Gasteiger partial charge in [0.2, 0.25) is 5.91 Å². The lowest BCUT2D eigenvalue weighted by atomic mass is 10.1. The molecule has 0 spiro atoms. The number of nitrogen functional groups attached to an aromatic ring is 1. The van der Waals surface area contributed by atoms with Crippen molar-refractivity contribution in [3.05, 3.63) is 29.3 Å². The molecule has 0 saturated heterocycles. The number of nitrogens with two attached hydrogens (primary N) is 2. The normalized spacial score (nSPS) is 11.9. The third-order valence-electron chi connectivity index (χ3n) is 2.12. The zero-order chi connectivity index (χ0) is 13.9. The van der Waals surface area contributed by atoms with E-state index in [1.54, 1.807) is 0 Å². The van der Waals surface area contributed by atoms with Crippen molar-refractivity contribution in [3.8, 4) is 0 Å². The Kier molecular flexibility index (Phi) is 4.16. The van der Waals surface area contributed by atoms with Gasteiger partial charge < -0.3 is 21.9 Å². The summed E-state index contributed by atoms with van der Waals surface area (Å²) in [5, 5.41) is 11.1. The zero-order valence-corrected chi connectivity index (χ0v) is 9.11. The number of nitrogens with one attached hydrogen (secondary N) is 1. The number of halogens is 2. The van der Waals surface area contributed by atoms with Crippen molar-refractivity contribution in [1.82, 2.24) is 5.32 Å². The Hall–Kier alpha value is -2.22. The Balaban J connectivity index is 2.79. The lowest BCUT2D eigenvalue weighted by Gasteiger charge is -2.09. The van der Waals surface area contributed by atoms with E-state index in [0.717, 1.165) is 6.07 Å². The first kappa shape index (κ1) is 13.8. The average molecular weight is 259 g/mol. The Morgan fingerprint density at radius 3 is 2.50 bits per heavy atom. The quantitative estimate of drug-likeness (QED) is 0.525. The summed E-state index contributed by atoms with van der Waals surface area (Å²) in [5.74, 6) is -4.07. The maximum Gasteiger partial charge on any atom is 0.254 e. The highest BCUT2D eigenvalue weighted by molar-refractivity contribution is 5.95. The van der Waals surface area contributed by atoms with Crippen molar-refractivity contribution in [1.29, 1.82) is 0 Å². The number of primary amides is 1. The fourth-order valence-corrected chi connectivity index (χ4v) is 1.12. The number of amides is 2. The van der Waals surface area contributed by atoms with Gasteiger partial charge in [-0.1, -0.05) is 0 Å². The number of hydrogen-bond acceptors (Lipinski definition) is 4. The molecular weight excluding hydrogens is 248 g/mol. The second-order valence-electron chi connectivity index (χ2n) is 3.48. The number of benzene rings is 1. The van der Waals surface area contributed by atoms with Crippen LogP contribution in [0.2, 0.25) is 0 Å². The summed E-state index contributed by atoms with van der Waals surface area (Å²) in [6, 6.07) is 1.28. The summed E-state index contributed by atoms with van der Waals surface area (Å²) in [6.07, 6.45) is -1.59. The number of rotatable bonds is 4. The molecule has 98 valence electrons. The van der Waals surface area contributed by atoms with Crippen molar-refractivity contribution in [2.24, 2.45) is 5.73 Å². The molecule has 0 heterocycles. The molecule has 1 aromatic carbocycles. The van der Waals surface area contributed by atoms with Crippen LogP contribution >= 0.6 is 0 Å². The molecule has 0 radical (unpaired) electrons. The molecule has 0 bridgehead atoms. The Bertz CT molecular complexity index is 494. The van der Waals surface area contributed by atoms with Crippen molar-refractivity contribution in [2.45, 2.75) is 6.10 Å². The van der Waals surface area contributed by atoms with E-state index in [1.807, 2.05) is 0 Å². The number of carbonyl (C=O) groups excluding carboxylic acids is 2. The van der Waals surface area contributed by atoms with E-state index in [4.69, 9.17) is 16.6 Å². The fourth-order valence-electron chi connectivity index (χ4n) is 1.12. The molecule has 6 N–H and O–H groups in total. The molecule has 0 saturated carbocycles. The Morgan fingerprint density at radius 2 is 1.94 bits per heavy atom. The van der Waals surface area contributed by atoms with Crippen molar-refractivity contribution >= 4 is 17.5 Å². The molecule has 1 aromatic rings. The molecule has 2 amide bonds. The predicted octanol–water partition coefficient (Wildman–Crippen LogP) is -0.877. The molecule has 0 aliphatic carbocycles. The molecule has 0 aromatic heterocycles. The molecular formula is C10H11F2N3O3. The minimum absolute atomic E-state index is 0.392. The van der Waals surface area contributed by atoms with E-state index in [9.17, 15) is 18.4 Å². The van der Waals surface area contributed by atoms with Gasteiger partial charge in [-0.25, -0.2) is 8.78 Å². The second-order valence-corrected chi connectivity index (χ2v) is 3.48. The third kappa shape index (κ3) is 3.14. The fraction of sp³-hybridized carbons (Fsp3) is 0.200. The van der Waals surface area contributed by atoms with E-state index in [-0.39, 0.29) is 0 Å². The van der Waals surface area contributed by atoms with Gasteiger partial charge in [-0.3, -0.25) is 9.59 Å². The van der Waals surface area contributed by atoms with Crippen LogP contribution in [0.25, 0.3) is 0 Å². The molecule has 18 heavy (non-hydrogen) atoms. The lowest BCUT2D eigenvalue weighted by Crippen LogP contribution is -2.40. The van der Waals surface area contributed by atoms with Gasteiger partial charge in [-0.2, -0.15) is 0 Å². The van der Waals surface area contributed by atoms with Gasteiger partial charge in [0.05, 0.1) is 17.8 Å². The van der Waals surface area contributed by atoms with Crippen LogP contribution in [0.3, 0.4) is 0 Å². The van der Waals surface area contributed by atoms with Gasteiger partial charge >= 0.3 is 0 Å². The number of carbonyl (C=O) groups is 2. The van der Waals surface area contributed by atoms with E-state index in [2.05, 4.69) is 5.32 Å². The van der Waals surface area contributed by atoms with Gasteiger partial charge in [0, 0.05) is 6.07 Å². The maximum absolute atomic E-state index is 13.3. The molecule has 1 unspecified atom stereocenters. The standard InChI is InChI=1S/C10H11F2N3O3/c11-5-2-6(12)7(13)1-4(5)10(18)15-3-8(16)9(14)17/h1-2,8,16H,3,13H2,(H2,14,17)(H,15,18). The van der Waals surface area contributed by atoms with Gasteiger partial charge in [-0.15, -0.1) is 0 Å². The van der Waals surface area contributed by atoms with Crippen LogP contribution in [0.5, 0.6) is 0 Å². The largest absolute Gasteiger partial charge is 0.396 e. The average Bonchev–Trinajstić information content (AvgIpc) is 2.30. The van der Waals surface area contributed by atoms with Gasteiger partial charge in [0.1, 0.15) is 17.7 Å². The number of anilines is 1. The molecule has 8 heteroatoms. The number of aliphatic hydroxyl groups is 1. The number of aliphatic hydroxyl groups excluding tert-OH is 1. The van der Waals surface area contributed by atoms with E-state index in [1.165, 1.54) is 0 Å². The molecule has 6 nitrogen and oxygen atoms in total. The van der Waals surface area contributed by atoms with Crippen LogP contribution in [0, 0.1) is 11.6 Å². The van der Waals surface area contributed by atoms with Crippen LogP contribution in [0.4, 0.5) is 14.5 Å². The van der Waals surface area contributed by atoms with Crippen molar-refractivity contribution in [2.75, 3.05) is 12.3 Å². The summed E-state index contributed by atoms with van der Waals surface area (Å²) >= 11 is 0. The van der Waals surface area contributed by atoms with E-state index < -0.39 is 47.3 Å². The molecule has 0 aliphatic rings. The van der Waals surface area contributed by atoms with Crippen LogP contribution in [-0.4, -0.2) is 29.6 Å². The van der Waals surface area contributed by atoms with E-state index >= 15 is 0 Å². The van der Waals surface area contributed by atoms with Crippen molar-refractivity contribution < 1.29 is 23.5 Å². The summed E-state index contributed by atoms with van der Waals surface area (Å²) in [6.45, 7) is -0.481.